The summed E-state index contributed by atoms with van der Waals surface area (Å²) in [4.78, 5) is 22.7. The Hall–Kier alpha value is -1.92. The van der Waals surface area contributed by atoms with Crippen molar-refractivity contribution in [2.45, 2.75) is 6.92 Å². The van der Waals surface area contributed by atoms with Crippen molar-refractivity contribution in [1.29, 1.82) is 0 Å². The number of amides is 1. The number of methoxy groups -OCH3 is 1. The second-order valence-electron chi connectivity index (χ2n) is 3.90. The maximum absolute atomic E-state index is 11.6. The van der Waals surface area contributed by atoms with E-state index in [0.29, 0.717) is 24.5 Å². The van der Waals surface area contributed by atoms with Crippen LogP contribution in [0.1, 0.15) is 15.9 Å². The first-order valence-corrected chi connectivity index (χ1v) is 5.75. The van der Waals surface area contributed by atoms with E-state index in [4.69, 9.17) is 14.6 Å². The fourth-order valence-corrected chi connectivity index (χ4v) is 1.49. The number of carboxylic acid groups (broad SMARTS) is 1. The summed E-state index contributed by atoms with van der Waals surface area (Å²) in [5, 5.41) is 11.6. The molecule has 104 valence electrons. The van der Waals surface area contributed by atoms with Crippen LogP contribution >= 0.6 is 0 Å². The number of carbonyl (C=O) groups is 2. The number of nitrogens with one attached hydrogen (secondary N) is 1. The van der Waals surface area contributed by atoms with E-state index < -0.39 is 11.9 Å². The quantitative estimate of drug-likeness (QED) is 0.727. The third-order valence-electron chi connectivity index (χ3n) is 2.43. The summed E-state index contributed by atoms with van der Waals surface area (Å²) in [6.07, 6.45) is 0. The van der Waals surface area contributed by atoms with Crippen molar-refractivity contribution in [3.8, 4) is 0 Å². The lowest BCUT2D eigenvalue weighted by Gasteiger charge is -2.11. The lowest BCUT2D eigenvalue weighted by atomic mass is 10.1. The molecule has 1 rings (SSSR count). The van der Waals surface area contributed by atoms with Crippen molar-refractivity contribution in [2.24, 2.45) is 0 Å². The standard InChI is InChI=1S/C13H17NO5/c1-9-4-3-5-10(13(16)17)12(9)14-11(15)8-19-7-6-18-2/h3-5H,6-8H2,1-2H3,(H,14,15)(H,16,17). The average Bonchev–Trinajstić information content (AvgIpc) is 2.37. The summed E-state index contributed by atoms with van der Waals surface area (Å²) in [5.74, 6) is -1.48. The molecule has 0 aliphatic carbocycles. The molecule has 0 aliphatic heterocycles. The van der Waals surface area contributed by atoms with E-state index in [1.54, 1.807) is 19.1 Å². The number of carboxylic acids is 1. The number of aromatic carboxylic acids is 1. The Bertz CT molecular complexity index is 458. The van der Waals surface area contributed by atoms with E-state index >= 15 is 0 Å². The second kappa shape index (κ2) is 7.50. The Kier molecular flexibility index (Phi) is 5.98. The van der Waals surface area contributed by atoms with Crippen LogP contribution in [0.3, 0.4) is 0 Å². The zero-order chi connectivity index (χ0) is 14.3. The van der Waals surface area contributed by atoms with Gasteiger partial charge in [-0.25, -0.2) is 4.79 Å². The summed E-state index contributed by atoms with van der Waals surface area (Å²) in [6.45, 7) is 2.30. The minimum absolute atomic E-state index is 0.0604. The normalized spacial score (nSPS) is 10.2. The Labute approximate surface area is 111 Å². The van der Waals surface area contributed by atoms with Crippen LogP contribution in [-0.4, -0.2) is 43.9 Å². The van der Waals surface area contributed by atoms with E-state index in [-0.39, 0.29) is 12.2 Å². The van der Waals surface area contributed by atoms with Crippen LogP contribution in [0.25, 0.3) is 0 Å². The third kappa shape index (κ3) is 4.69. The molecule has 0 atom stereocenters. The first kappa shape index (κ1) is 15.1. The molecular formula is C13H17NO5. The van der Waals surface area contributed by atoms with Crippen molar-refractivity contribution in [1.82, 2.24) is 0 Å². The van der Waals surface area contributed by atoms with Crippen LogP contribution in [0.5, 0.6) is 0 Å². The molecule has 0 saturated heterocycles. The fourth-order valence-electron chi connectivity index (χ4n) is 1.49. The highest BCUT2D eigenvalue weighted by Crippen LogP contribution is 2.20. The number of benzene rings is 1. The Morgan fingerprint density at radius 1 is 1.32 bits per heavy atom. The van der Waals surface area contributed by atoms with E-state index in [9.17, 15) is 9.59 Å². The zero-order valence-electron chi connectivity index (χ0n) is 10.9. The van der Waals surface area contributed by atoms with Gasteiger partial charge in [0, 0.05) is 7.11 Å². The molecule has 6 heteroatoms. The number of aryl methyl sites for hydroxylation is 1. The fraction of sp³-hybridized carbons (Fsp3) is 0.385. The molecule has 0 radical (unpaired) electrons. The van der Waals surface area contributed by atoms with Crippen LogP contribution < -0.4 is 5.32 Å². The Balaban J connectivity index is 2.66. The molecule has 2 N–H and O–H groups in total. The summed E-state index contributed by atoms with van der Waals surface area (Å²) in [5.41, 5.74) is 1.05. The number of rotatable bonds is 7. The number of para-hydroxylation sites is 1. The smallest absolute Gasteiger partial charge is 0.337 e. The van der Waals surface area contributed by atoms with Crippen molar-refractivity contribution in [2.75, 3.05) is 32.2 Å². The molecule has 6 nitrogen and oxygen atoms in total. The average molecular weight is 267 g/mol. The largest absolute Gasteiger partial charge is 0.478 e. The van der Waals surface area contributed by atoms with E-state index in [0.717, 1.165) is 0 Å². The minimum Gasteiger partial charge on any atom is -0.478 e. The third-order valence-corrected chi connectivity index (χ3v) is 2.43. The van der Waals surface area contributed by atoms with Gasteiger partial charge in [0.2, 0.25) is 5.91 Å². The molecule has 1 aromatic rings. The van der Waals surface area contributed by atoms with Crippen molar-refractivity contribution < 1.29 is 24.2 Å². The molecule has 0 spiro atoms. The molecule has 0 heterocycles. The van der Waals surface area contributed by atoms with Gasteiger partial charge >= 0.3 is 5.97 Å². The lowest BCUT2D eigenvalue weighted by Crippen LogP contribution is -2.21. The lowest BCUT2D eigenvalue weighted by molar-refractivity contribution is -0.121. The number of anilines is 1. The first-order valence-electron chi connectivity index (χ1n) is 5.75. The van der Waals surface area contributed by atoms with E-state index in [1.807, 2.05) is 0 Å². The van der Waals surface area contributed by atoms with Gasteiger partial charge in [0.25, 0.3) is 0 Å². The van der Waals surface area contributed by atoms with E-state index in [1.165, 1.54) is 13.2 Å². The minimum atomic E-state index is -1.08. The number of hydrogen-bond acceptors (Lipinski definition) is 4. The molecular weight excluding hydrogens is 250 g/mol. The van der Waals surface area contributed by atoms with Crippen molar-refractivity contribution in [3.63, 3.8) is 0 Å². The number of ether oxygens (including phenoxy) is 2. The highest BCUT2D eigenvalue weighted by atomic mass is 16.5. The van der Waals surface area contributed by atoms with Crippen LogP contribution in [-0.2, 0) is 14.3 Å². The van der Waals surface area contributed by atoms with Gasteiger partial charge in [-0.2, -0.15) is 0 Å². The van der Waals surface area contributed by atoms with Crippen molar-refractivity contribution in [3.05, 3.63) is 29.3 Å². The van der Waals surface area contributed by atoms with Gasteiger partial charge in [0.05, 0.1) is 24.5 Å². The molecule has 19 heavy (non-hydrogen) atoms. The van der Waals surface area contributed by atoms with Gasteiger partial charge in [-0.1, -0.05) is 12.1 Å². The zero-order valence-corrected chi connectivity index (χ0v) is 10.9. The Morgan fingerprint density at radius 3 is 2.68 bits per heavy atom. The molecule has 0 aliphatic rings. The first-order chi connectivity index (χ1) is 9.06. The topological polar surface area (TPSA) is 84.9 Å². The maximum Gasteiger partial charge on any atom is 0.337 e. The van der Waals surface area contributed by atoms with Gasteiger partial charge in [0.1, 0.15) is 6.61 Å². The van der Waals surface area contributed by atoms with Crippen LogP contribution in [0.15, 0.2) is 18.2 Å². The molecule has 1 aromatic carbocycles. The predicted molar refractivity (Wildman–Crippen MR) is 69.5 cm³/mol. The van der Waals surface area contributed by atoms with Crippen LogP contribution in [0.2, 0.25) is 0 Å². The summed E-state index contributed by atoms with van der Waals surface area (Å²) < 4.78 is 9.84. The van der Waals surface area contributed by atoms with Gasteiger partial charge in [-0.15, -0.1) is 0 Å². The van der Waals surface area contributed by atoms with Gasteiger partial charge in [-0.3, -0.25) is 4.79 Å². The molecule has 0 unspecified atom stereocenters. The van der Waals surface area contributed by atoms with Gasteiger partial charge < -0.3 is 19.9 Å². The SMILES string of the molecule is COCCOCC(=O)Nc1c(C)cccc1C(=O)O. The molecule has 1 amide bonds. The van der Waals surface area contributed by atoms with Gasteiger partial charge in [-0.05, 0) is 18.6 Å². The molecule has 0 saturated carbocycles. The maximum atomic E-state index is 11.6. The van der Waals surface area contributed by atoms with Gasteiger partial charge in [0.15, 0.2) is 0 Å². The Morgan fingerprint density at radius 2 is 2.05 bits per heavy atom. The molecule has 0 fully saturated rings. The molecule has 0 aromatic heterocycles. The highest BCUT2D eigenvalue weighted by Gasteiger charge is 2.14. The number of carbonyl (C=O) groups excluding carboxylic acids is 1. The molecule has 0 bridgehead atoms. The highest BCUT2D eigenvalue weighted by molar-refractivity contribution is 6.01. The summed E-state index contributed by atoms with van der Waals surface area (Å²) in [7, 11) is 1.54. The monoisotopic (exact) mass is 267 g/mol. The van der Waals surface area contributed by atoms with Crippen LogP contribution in [0.4, 0.5) is 5.69 Å². The predicted octanol–water partition coefficient (Wildman–Crippen LogP) is 1.29. The summed E-state index contributed by atoms with van der Waals surface area (Å²) >= 11 is 0. The summed E-state index contributed by atoms with van der Waals surface area (Å²) in [6, 6.07) is 4.80. The second-order valence-corrected chi connectivity index (χ2v) is 3.90. The van der Waals surface area contributed by atoms with E-state index in [2.05, 4.69) is 5.32 Å². The van der Waals surface area contributed by atoms with Crippen molar-refractivity contribution >= 4 is 17.6 Å². The van der Waals surface area contributed by atoms with Crippen LogP contribution in [0, 0.1) is 6.92 Å². The number of hydrogen-bond donors (Lipinski definition) is 2.